The van der Waals surface area contributed by atoms with E-state index < -0.39 is 29.9 Å². The van der Waals surface area contributed by atoms with E-state index in [0.717, 1.165) is 5.56 Å². The summed E-state index contributed by atoms with van der Waals surface area (Å²) in [6.45, 7) is 1.69. The first kappa shape index (κ1) is 24.5. The van der Waals surface area contributed by atoms with Crippen molar-refractivity contribution in [3.05, 3.63) is 35.9 Å². The first-order valence-electron chi connectivity index (χ1n) is 9.27. The predicted molar refractivity (Wildman–Crippen MR) is 110 cm³/mol. The average Bonchev–Trinajstić information content (AvgIpc) is 2.75. The third-order valence-corrected chi connectivity index (χ3v) is 5.14. The number of rotatable bonds is 12. The van der Waals surface area contributed by atoms with Crippen LogP contribution in [0.1, 0.15) is 31.7 Å². The van der Waals surface area contributed by atoms with Crippen molar-refractivity contribution in [2.45, 2.75) is 44.0 Å². The van der Waals surface area contributed by atoms with E-state index in [2.05, 4.69) is 15.4 Å². The molecular formula is C20H28N2O6S. The maximum absolute atomic E-state index is 12.7. The van der Waals surface area contributed by atoms with Gasteiger partial charge in [-0.25, -0.2) is 4.79 Å². The number of thioether (sulfide) groups is 1. The highest BCUT2D eigenvalue weighted by Gasteiger charge is 2.27. The summed E-state index contributed by atoms with van der Waals surface area (Å²) in [6.07, 6.45) is 0.220. The van der Waals surface area contributed by atoms with Crippen molar-refractivity contribution >= 4 is 35.5 Å². The highest BCUT2D eigenvalue weighted by Crippen LogP contribution is 2.13. The van der Waals surface area contributed by atoms with E-state index in [1.807, 2.05) is 30.3 Å². The Morgan fingerprint density at radius 1 is 1.00 bits per heavy atom. The van der Waals surface area contributed by atoms with Gasteiger partial charge in [0.05, 0.1) is 14.2 Å². The van der Waals surface area contributed by atoms with Gasteiger partial charge in [0, 0.05) is 24.3 Å². The molecule has 0 aromatic heterocycles. The van der Waals surface area contributed by atoms with E-state index >= 15 is 0 Å². The van der Waals surface area contributed by atoms with Gasteiger partial charge in [0.25, 0.3) is 0 Å². The third kappa shape index (κ3) is 9.47. The van der Waals surface area contributed by atoms with Crippen LogP contribution < -0.4 is 10.6 Å². The zero-order valence-corrected chi connectivity index (χ0v) is 17.8. The van der Waals surface area contributed by atoms with E-state index in [-0.39, 0.29) is 25.2 Å². The topological polar surface area (TPSA) is 111 Å². The molecule has 2 N–H and O–H groups in total. The summed E-state index contributed by atoms with van der Waals surface area (Å²) in [5.41, 5.74) is 1.10. The maximum atomic E-state index is 12.7. The highest BCUT2D eigenvalue weighted by molar-refractivity contribution is 7.98. The van der Waals surface area contributed by atoms with Crippen LogP contribution in [0, 0.1) is 0 Å². The second-order valence-corrected chi connectivity index (χ2v) is 7.20. The van der Waals surface area contributed by atoms with Gasteiger partial charge in [-0.2, -0.15) is 11.8 Å². The molecule has 0 spiro atoms. The molecule has 1 aromatic rings. The Bertz CT molecular complexity index is 683. The van der Waals surface area contributed by atoms with Gasteiger partial charge >= 0.3 is 11.9 Å². The molecule has 160 valence electrons. The summed E-state index contributed by atoms with van der Waals surface area (Å²) >= 11 is 1.49. The van der Waals surface area contributed by atoms with Gasteiger partial charge in [0.1, 0.15) is 12.1 Å². The third-order valence-electron chi connectivity index (χ3n) is 4.04. The molecule has 8 nitrogen and oxygen atoms in total. The van der Waals surface area contributed by atoms with Gasteiger partial charge in [-0.05, 0) is 12.0 Å². The second-order valence-electron chi connectivity index (χ2n) is 6.17. The predicted octanol–water partition coefficient (Wildman–Crippen LogP) is 1.43. The van der Waals surface area contributed by atoms with Gasteiger partial charge in [0.15, 0.2) is 0 Å². The van der Waals surface area contributed by atoms with Gasteiger partial charge in [-0.3, -0.25) is 14.4 Å². The molecule has 0 radical (unpaired) electrons. The molecule has 2 atom stereocenters. The number of nitrogens with one attached hydrogen (secondary N) is 2. The lowest BCUT2D eigenvalue weighted by atomic mass is 10.1. The molecule has 1 aromatic carbocycles. The fraction of sp³-hybridized carbons (Fsp3) is 0.500. The van der Waals surface area contributed by atoms with Crippen molar-refractivity contribution in [2.75, 3.05) is 20.0 Å². The molecule has 2 amide bonds. The standard InChI is InChI=1S/C20H28N2O6S/c1-4-17(23)21-16(13-29-12-14-8-6-5-7-9-14)19(25)22-15(20(26)28-3)10-11-18(24)27-2/h5-9,15-16H,4,10-13H2,1-3H3,(H,21,23)(H,22,25). The van der Waals surface area contributed by atoms with Crippen molar-refractivity contribution in [2.24, 2.45) is 0 Å². The summed E-state index contributed by atoms with van der Waals surface area (Å²) in [6, 6.07) is 7.92. The van der Waals surface area contributed by atoms with Crippen LogP contribution in [0.2, 0.25) is 0 Å². The Kier molecular flexibility index (Phi) is 11.5. The number of benzene rings is 1. The smallest absolute Gasteiger partial charge is 0.328 e. The van der Waals surface area contributed by atoms with Crippen molar-refractivity contribution in [1.29, 1.82) is 0 Å². The Morgan fingerprint density at radius 3 is 2.28 bits per heavy atom. The Hall–Kier alpha value is -2.55. The quantitative estimate of drug-likeness (QED) is 0.488. The van der Waals surface area contributed by atoms with Crippen molar-refractivity contribution in [1.82, 2.24) is 10.6 Å². The fourth-order valence-corrected chi connectivity index (χ4v) is 3.39. The first-order valence-corrected chi connectivity index (χ1v) is 10.4. The molecule has 0 saturated heterocycles. The zero-order valence-electron chi connectivity index (χ0n) is 16.9. The van der Waals surface area contributed by atoms with Crippen LogP contribution in [-0.2, 0) is 34.4 Å². The van der Waals surface area contributed by atoms with E-state index in [1.54, 1.807) is 6.92 Å². The van der Waals surface area contributed by atoms with Gasteiger partial charge < -0.3 is 20.1 Å². The molecule has 2 unspecified atom stereocenters. The molecule has 29 heavy (non-hydrogen) atoms. The summed E-state index contributed by atoms with van der Waals surface area (Å²) in [4.78, 5) is 47.9. The number of carbonyl (C=O) groups excluding carboxylic acids is 4. The van der Waals surface area contributed by atoms with Gasteiger partial charge in [-0.1, -0.05) is 37.3 Å². The number of amides is 2. The first-order chi connectivity index (χ1) is 13.9. The minimum atomic E-state index is -1.01. The number of hydrogen-bond donors (Lipinski definition) is 2. The lowest BCUT2D eigenvalue weighted by Gasteiger charge is -2.22. The largest absolute Gasteiger partial charge is 0.469 e. The van der Waals surface area contributed by atoms with Gasteiger partial charge in [0.2, 0.25) is 11.8 Å². The van der Waals surface area contributed by atoms with Gasteiger partial charge in [-0.15, -0.1) is 0 Å². The van der Waals surface area contributed by atoms with Crippen LogP contribution in [0.3, 0.4) is 0 Å². The highest BCUT2D eigenvalue weighted by atomic mass is 32.2. The van der Waals surface area contributed by atoms with Crippen LogP contribution in [0.4, 0.5) is 0 Å². The maximum Gasteiger partial charge on any atom is 0.328 e. The second kappa shape index (κ2) is 13.6. The molecule has 1 rings (SSSR count). The van der Waals surface area contributed by atoms with E-state index in [9.17, 15) is 19.2 Å². The lowest BCUT2D eigenvalue weighted by molar-refractivity contribution is -0.146. The zero-order chi connectivity index (χ0) is 21.6. The average molecular weight is 425 g/mol. The Labute approximate surface area is 175 Å². The molecule has 0 aliphatic rings. The minimum Gasteiger partial charge on any atom is -0.469 e. The number of hydrogen-bond acceptors (Lipinski definition) is 7. The monoisotopic (exact) mass is 424 g/mol. The van der Waals surface area contributed by atoms with Crippen molar-refractivity contribution < 1.29 is 28.7 Å². The van der Waals surface area contributed by atoms with Crippen LogP contribution in [0.5, 0.6) is 0 Å². The Morgan fingerprint density at radius 2 is 1.69 bits per heavy atom. The fourth-order valence-electron chi connectivity index (χ4n) is 2.38. The molecule has 0 heterocycles. The van der Waals surface area contributed by atoms with Crippen LogP contribution in [-0.4, -0.2) is 55.8 Å². The number of methoxy groups -OCH3 is 2. The number of ether oxygens (including phenoxy) is 2. The van der Waals surface area contributed by atoms with Crippen LogP contribution >= 0.6 is 11.8 Å². The van der Waals surface area contributed by atoms with Crippen molar-refractivity contribution in [3.63, 3.8) is 0 Å². The number of esters is 2. The summed E-state index contributed by atoms with van der Waals surface area (Å²) < 4.78 is 9.27. The normalized spacial score (nSPS) is 12.4. The lowest BCUT2D eigenvalue weighted by Crippen LogP contribution is -2.53. The number of carbonyl (C=O) groups is 4. The van der Waals surface area contributed by atoms with E-state index in [0.29, 0.717) is 11.5 Å². The molecule has 0 aliphatic carbocycles. The van der Waals surface area contributed by atoms with Crippen molar-refractivity contribution in [3.8, 4) is 0 Å². The SMILES string of the molecule is CCC(=O)NC(CSCc1ccccc1)C(=O)NC(CCC(=O)OC)C(=O)OC. The summed E-state index contributed by atoms with van der Waals surface area (Å²) in [5.74, 6) is -0.934. The van der Waals surface area contributed by atoms with E-state index in [4.69, 9.17) is 4.74 Å². The minimum absolute atomic E-state index is 0.0384. The molecule has 0 fully saturated rings. The van der Waals surface area contributed by atoms with E-state index in [1.165, 1.54) is 26.0 Å². The molecule has 9 heteroatoms. The molecular weight excluding hydrogens is 396 g/mol. The molecule has 0 saturated carbocycles. The summed E-state index contributed by atoms with van der Waals surface area (Å²) in [7, 11) is 2.44. The molecule has 0 bridgehead atoms. The van der Waals surface area contributed by atoms with Crippen LogP contribution in [0.15, 0.2) is 30.3 Å². The summed E-state index contributed by atoms with van der Waals surface area (Å²) in [5, 5.41) is 5.25. The molecule has 0 aliphatic heterocycles. The Balaban J connectivity index is 2.74. The van der Waals surface area contributed by atoms with Crippen LogP contribution in [0.25, 0.3) is 0 Å².